The van der Waals surface area contributed by atoms with E-state index in [2.05, 4.69) is 20.3 Å². The molecule has 0 unspecified atom stereocenters. The van der Waals surface area contributed by atoms with Crippen LogP contribution >= 0.6 is 0 Å². The van der Waals surface area contributed by atoms with E-state index in [-0.39, 0.29) is 22.6 Å². The van der Waals surface area contributed by atoms with Crippen LogP contribution in [0.15, 0.2) is 42.7 Å². The van der Waals surface area contributed by atoms with Gasteiger partial charge in [-0.3, -0.25) is 9.97 Å². The molecule has 0 saturated heterocycles. The van der Waals surface area contributed by atoms with Crippen LogP contribution in [0.3, 0.4) is 0 Å². The van der Waals surface area contributed by atoms with Crippen molar-refractivity contribution in [2.24, 2.45) is 7.05 Å². The Morgan fingerprint density at radius 3 is 2.64 bits per heavy atom. The lowest BCUT2D eigenvalue weighted by molar-refractivity contribution is 0.0784. The molecule has 4 heterocycles. The number of aliphatic hydroxyl groups is 1. The van der Waals surface area contributed by atoms with Crippen molar-refractivity contribution in [3.05, 3.63) is 71.3 Å². The van der Waals surface area contributed by atoms with Gasteiger partial charge >= 0.3 is 0 Å². The fourth-order valence-corrected chi connectivity index (χ4v) is 4.74. The van der Waals surface area contributed by atoms with Gasteiger partial charge in [0.25, 0.3) is 0 Å². The van der Waals surface area contributed by atoms with E-state index in [1.807, 2.05) is 11.5 Å². The zero-order valence-corrected chi connectivity index (χ0v) is 20.4. The van der Waals surface area contributed by atoms with Crippen LogP contribution in [0.4, 0.5) is 8.78 Å². The first kappa shape index (κ1) is 20.5. The van der Waals surface area contributed by atoms with Crippen molar-refractivity contribution in [2.45, 2.75) is 52.1 Å². The van der Waals surface area contributed by atoms with Crippen LogP contribution in [-0.4, -0.2) is 34.6 Å². The minimum Gasteiger partial charge on any atom is -0.386 e. The van der Waals surface area contributed by atoms with Gasteiger partial charge in [0, 0.05) is 40.1 Å². The van der Waals surface area contributed by atoms with E-state index in [1.54, 1.807) is 19.9 Å². The van der Waals surface area contributed by atoms with E-state index < -0.39 is 30.1 Å². The number of hydrogen-bond acceptors (Lipinski definition) is 5. The van der Waals surface area contributed by atoms with Gasteiger partial charge in [-0.1, -0.05) is 18.6 Å². The van der Waals surface area contributed by atoms with Crippen LogP contribution in [-0.2, 0) is 12.6 Å². The fourth-order valence-electron chi connectivity index (χ4n) is 4.74. The van der Waals surface area contributed by atoms with Gasteiger partial charge in [-0.2, -0.15) is 0 Å². The van der Waals surface area contributed by atoms with Gasteiger partial charge in [0.15, 0.2) is 0 Å². The van der Waals surface area contributed by atoms with Crippen LogP contribution in [0, 0.1) is 18.5 Å². The normalized spacial score (nSPS) is 14.7. The molecule has 1 atom stereocenters. The number of benzene rings is 1. The summed E-state index contributed by atoms with van der Waals surface area (Å²) in [5.41, 5.74) is 0.725. The van der Waals surface area contributed by atoms with Crippen molar-refractivity contribution in [3.8, 4) is 11.3 Å². The molecule has 0 aliphatic carbocycles. The van der Waals surface area contributed by atoms with E-state index in [0.717, 1.165) is 0 Å². The Hall–Kier alpha value is -3.72. The molecule has 0 saturated carbocycles. The second kappa shape index (κ2) is 8.74. The van der Waals surface area contributed by atoms with Gasteiger partial charge < -0.3 is 9.67 Å². The minimum atomic E-state index is -2.62. The second-order valence-corrected chi connectivity index (χ2v) is 9.46. The first-order chi connectivity index (χ1) is 18.3. The average molecular weight is 494 g/mol. The van der Waals surface area contributed by atoms with Crippen molar-refractivity contribution >= 4 is 21.9 Å². The molecule has 7 nitrogen and oxygen atoms in total. The summed E-state index contributed by atoms with van der Waals surface area (Å²) in [5.74, 6) is -1.16. The molecule has 0 spiro atoms. The molecule has 1 N–H and O–H groups in total. The molecule has 1 aromatic carbocycles. The van der Waals surface area contributed by atoms with Crippen molar-refractivity contribution in [2.75, 3.05) is 0 Å². The number of aryl methyl sites for hydroxylation is 2. The third-order valence-electron chi connectivity index (χ3n) is 6.49. The summed E-state index contributed by atoms with van der Waals surface area (Å²) >= 11 is 0. The Balaban J connectivity index is 1.92. The minimum absolute atomic E-state index is 0.00960. The van der Waals surface area contributed by atoms with Gasteiger partial charge in [-0.05, 0) is 57.5 Å². The Morgan fingerprint density at radius 1 is 1.14 bits per heavy atom. The van der Waals surface area contributed by atoms with Crippen molar-refractivity contribution < 1.29 is 18.0 Å². The monoisotopic (exact) mass is 493 g/mol. The standard InChI is InChI=1S/C27H28F2N6O/c1-6-8-21(25-19(28)9-7-10-30-25)35-22-13-17(26-15(2)32-33-34(26)5)20(29)12-18(22)24-23(35)11-16(14-31-24)27(3,4)36/h7,9-14,21,36H,6,8H2,1-5H3/t21-/m0/s1/i2D3. The molecule has 0 aliphatic rings. The van der Waals surface area contributed by atoms with E-state index in [0.29, 0.717) is 40.3 Å². The lowest BCUT2D eigenvalue weighted by Crippen LogP contribution is -2.17. The van der Waals surface area contributed by atoms with Crippen LogP contribution in [0.25, 0.3) is 33.2 Å². The van der Waals surface area contributed by atoms with Crippen molar-refractivity contribution in [3.63, 3.8) is 0 Å². The highest BCUT2D eigenvalue weighted by Crippen LogP contribution is 2.39. The summed E-state index contributed by atoms with van der Waals surface area (Å²) in [6.45, 7) is 2.61. The summed E-state index contributed by atoms with van der Waals surface area (Å²) in [6.07, 6.45) is 4.24. The first-order valence-corrected chi connectivity index (χ1v) is 11.7. The molecule has 9 heteroatoms. The third-order valence-corrected chi connectivity index (χ3v) is 6.49. The molecule has 5 rings (SSSR count). The van der Waals surface area contributed by atoms with Crippen LogP contribution in [0.2, 0.25) is 0 Å². The second-order valence-electron chi connectivity index (χ2n) is 9.46. The summed E-state index contributed by atoms with van der Waals surface area (Å²) in [4.78, 5) is 8.93. The Morgan fingerprint density at radius 2 is 1.94 bits per heavy atom. The van der Waals surface area contributed by atoms with Crippen LogP contribution in [0.1, 0.15) is 60.7 Å². The maximum Gasteiger partial charge on any atom is 0.146 e. The van der Waals surface area contributed by atoms with Crippen LogP contribution < -0.4 is 0 Å². The highest BCUT2D eigenvalue weighted by atomic mass is 19.1. The van der Waals surface area contributed by atoms with E-state index in [4.69, 9.17) is 4.11 Å². The molecule has 36 heavy (non-hydrogen) atoms. The average Bonchev–Trinajstić information content (AvgIpc) is 3.39. The van der Waals surface area contributed by atoms with Crippen molar-refractivity contribution in [1.29, 1.82) is 0 Å². The molecule has 5 aromatic rings. The predicted octanol–water partition coefficient (Wildman–Crippen LogP) is 5.58. The Bertz CT molecular complexity index is 1700. The molecule has 186 valence electrons. The molecule has 0 amide bonds. The van der Waals surface area contributed by atoms with E-state index >= 15 is 8.78 Å². The number of fused-ring (bicyclic) bond motifs is 3. The number of hydrogen-bond donors (Lipinski definition) is 1. The van der Waals surface area contributed by atoms with E-state index in [1.165, 1.54) is 48.4 Å². The quantitative estimate of drug-likeness (QED) is 0.334. The maximum atomic E-state index is 15.8. The zero-order valence-electron chi connectivity index (χ0n) is 23.4. The SMILES string of the molecule is [2H]C([2H])([2H])c1nnn(C)c1-c1cc2c(cc1F)c1ncc(C(C)(C)O)cc1n2[C@@H](CCC)c1ncccc1F. The highest BCUT2D eigenvalue weighted by Gasteiger charge is 2.27. The highest BCUT2D eigenvalue weighted by molar-refractivity contribution is 6.07. The summed E-state index contributed by atoms with van der Waals surface area (Å²) in [7, 11) is 1.50. The molecule has 4 aromatic heterocycles. The fraction of sp³-hybridized carbons (Fsp3) is 0.333. The summed E-state index contributed by atoms with van der Waals surface area (Å²) in [6, 6.07) is 6.86. The number of pyridine rings is 2. The zero-order chi connectivity index (χ0) is 28.3. The molecular weight excluding hydrogens is 462 g/mol. The number of halogens is 2. The van der Waals surface area contributed by atoms with Crippen LogP contribution in [0.5, 0.6) is 0 Å². The number of nitrogens with zero attached hydrogens (tertiary/aromatic N) is 6. The molecule has 0 fully saturated rings. The maximum absolute atomic E-state index is 15.8. The first-order valence-electron chi connectivity index (χ1n) is 13.2. The molecule has 0 bridgehead atoms. The van der Waals surface area contributed by atoms with Crippen molar-refractivity contribution in [1.82, 2.24) is 29.5 Å². The van der Waals surface area contributed by atoms with E-state index in [9.17, 15) is 5.11 Å². The molecular formula is C27H28F2N6O. The largest absolute Gasteiger partial charge is 0.386 e. The van der Waals surface area contributed by atoms with Gasteiger partial charge in [0.05, 0.1) is 45.3 Å². The van der Waals surface area contributed by atoms with Gasteiger partial charge in [0.1, 0.15) is 11.6 Å². The summed E-state index contributed by atoms with van der Waals surface area (Å²) < 4.78 is 57.7. The predicted molar refractivity (Wildman–Crippen MR) is 134 cm³/mol. The smallest absolute Gasteiger partial charge is 0.146 e. The third kappa shape index (κ3) is 3.83. The van der Waals surface area contributed by atoms with Gasteiger partial charge in [0.2, 0.25) is 0 Å². The Labute approximate surface area is 211 Å². The molecule has 0 aliphatic heterocycles. The number of rotatable bonds is 6. The van der Waals surface area contributed by atoms with Gasteiger partial charge in [-0.15, -0.1) is 5.10 Å². The lowest BCUT2D eigenvalue weighted by atomic mass is 10.00. The Kier molecular flexibility index (Phi) is 4.97. The summed E-state index contributed by atoms with van der Waals surface area (Å²) in [5, 5.41) is 18.8. The lowest BCUT2D eigenvalue weighted by Gasteiger charge is -2.22. The van der Waals surface area contributed by atoms with Gasteiger partial charge in [-0.25, -0.2) is 13.5 Å². The molecule has 0 radical (unpaired) electrons. The number of aromatic nitrogens is 6. The topological polar surface area (TPSA) is 81.6 Å².